The van der Waals surface area contributed by atoms with Crippen molar-refractivity contribution in [3.8, 4) is 5.88 Å². The zero-order valence-corrected chi connectivity index (χ0v) is 11.3. The van der Waals surface area contributed by atoms with E-state index in [1.165, 1.54) is 0 Å². The highest BCUT2D eigenvalue weighted by molar-refractivity contribution is 5.78. The van der Waals surface area contributed by atoms with Crippen LogP contribution in [-0.2, 0) is 16.0 Å². The van der Waals surface area contributed by atoms with Crippen LogP contribution in [0.3, 0.4) is 0 Å². The second-order valence-corrected chi connectivity index (χ2v) is 4.62. The van der Waals surface area contributed by atoms with Gasteiger partial charge in [0.2, 0.25) is 11.8 Å². The molecule has 1 fully saturated rings. The number of rotatable bonds is 6. The molecule has 1 aromatic rings. The third kappa shape index (κ3) is 3.41. The largest absolute Gasteiger partial charge is 0.480 e. The average molecular weight is 265 g/mol. The summed E-state index contributed by atoms with van der Waals surface area (Å²) in [6.07, 6.45) is 4.53. The van der Waals surface area contributed by atoms with Gasteiger partial charge in [0.15, 0.2) is 0 Å². The minimum Gasteiger partial charge on any atom is -0.480 e. The minimum atomic E-state index is 0.185. The lowest BCUT2D eigenvalue weighted by Gasteiger charge is -2.16. The quantitative estimate of drug-likeness (QED) is 0.750. The number of aromatic nitrogens is 2. The van der Waals surface area contributed by atoms with Crippen molar-refractivity contribution in [2.24, 2.45) is 5.92 Å². The van der Waals surface area contributed by atoms with Crippen LogP contribution in [0.1, 0.15) is 12.1 Å². The number of carbonyl (C=O) groups excluding carboxylic acids is 1. The monoisotopic (exact) mass is 265 g/mol. The van der Waals surface area contributed by atoms with Crippen molar-refractivity contribution in [2.75, 3.05) is 33.9 Å². The van der Waals surface area contributed by atoms with Gasteiger partial charge in [-0.1, -0.05) is 0 Å². The average Bonchev–Trinajstić information content (AvgIpc) is 2.77. The van der Waals surface area contributed by atoms with Crippen LogP contribution in [0.5, 0.6) is 5.88 Å². The Morgan fingerprint density at radius 1 is 1.37 bits per heavy atom. The number of carbonyl (C=O) groups is 1. The van der Waals surface area contributed by atoms with E-state index in [1.54, 1.807) is 26.6 Å². The molecule has 2 rings (SSSR count). The summed E-state index contributed by atoms with van der Waals surface area (Å²) in [5.74, 6) is 1.00. The van der Waals surface area contributed by atoms with Crippen molar-refractivity contribution in [1.82, 2.24) is 14.9 Å². The number of likely N-dealkylation sites (tertiary alicyclic amines) is 1. The fraction of sp³-hybridized carbons (Fsp3) is 0.615. The summed E-state index contributed by atoms with van der Waals surface area (Å²) >= 11 is 0. The summed E-state index contributed by atoms with van der Waals surface area (Å²) in [6, 6.07) is 0. The number of hydrogen-bond acceptors (Lipinski definition) is 5. The lowest BCUT2D eigenvalue weighted by molar-refractivity contribution is -0.128. The van der Waals surface area contributed by atoms with E-state index in [1.807, 2.05) is 4.90 Å². The number of amides is 1. The third-order valence-corrected chi connectivity index (χ3v) is 3.27. The van der Waals surface area contributed by atoms with Crippen LogP contribution in [0.4, 0.5) is 0 Å². The Morgan fingerprint density at radius 2 is 2.16 bits per heavy atom. The van der Waals surface area contributed by atoms with Crippen LogP contribution in [0, 0.1) is 5.92 Å². The van der Waals surface area contributed by atoms with Crippen LogP contribution in [0.2, 0.25) is 0 Å². The van der Waals surface area contributed by atoms with Gasteiger partial charge in [-0.2, -0.15) is 0 Å². The van der Waals surface area contributed by atoms with Crippen LogP contribution >= 0.6 is 0 Å². The smallest absolute Gasteiger partial charge is 0.235 e. The molecule has 1 atom stereocenters. The standard InChI is InChI=1S/C13H19N3O3/c1-18-6-5-16-9-10(8-12(16)17)7-11-13(19-2)15-4-3-14-11/h3-4,10H,5-9H2,1-2H3. The molecule has 19 heavy (non-hydrogen) atoms. The second-order valence-electron chi connectivity index (χ2n) is 4.62. The number of methoxy groups -OCH3 is 2. The van der Waals surface area contributed by atoms with E-state index in [0.29, 0.717) is 31.9 Å². The summed E-state index contributed by atoms with van der Waals surface area (Å²) in [5.41, 5.74) is 0.816. The first-order valence-electron chi connectivity index (χ1n) is 6.35. The van der Waals surface area contributed by atoms with E-state index in [2.05, 4.69) is 9.97 Å². The molecule has 2 heterocycles. The van der Waals surface area contributed by atoms with E-state index in [4.69, 9.17) is 9.47 Å². The predicted octanol–water partition coefficient (Wildman–Crippen LogP) is 0.523. The molecule has 0 bridgehead atoms. The molecule has 104 valence electrons. The van der Waals surface area contributed by atoms with E-state index >= 15 is 0 Å². The molecule has 6 nitrogen and oxygen atoms in total. The fourth-order valence-electron chi connectivity index (χ4n) is 2.35. The second kappa shape index (κ2) is 6.47. The third-order valence-electron chi connectivity index (χ3n) is 3.27. The molecule has 0 aromatic carbocycles. The highest BCUT2D eigenvalue weighted by atomic mass is 16.5. The predicted molar refractivity (Wildman–Crippen MR) is 68.9 cm³/mol. The van der Waals surface area contributed by atoms with Gasteiger partial charge >= 0.3 is 0 Å². The summed E-state index contributed by atoms with van der Waals surface area (Å²) in [4.78, 5) is 22.1. The zero-order chi connectivity index (χ0) is 13.7. The first-order valence-corrected chi connectivity index (χ1v) is 6.35. The molecule has 1 aliphatic heterocycles. The molecule has 0 N–H and O–H groups in total. The van der Waals surface area contributed by atoms with Gasteiger partial charge in [0, 0.05) is 45.4 Å². The molecule has 0 aliphatic carbocycles. The van der Waals surface area contributed by atoms with E-state index in [0.717, 1.165) is 12.2 Å². The molecule has 1 amide bonds. The Labute approximate surface area is 112 Å². The van der Waals surface area contributed by atoms with Gasteiger partial charge in [0.1, 0.15) is 5.69 Å². The number of nitrogens with zero attached hydrogens (tertiary/aromatic N) is 3. The van der Waals surface area contributed by atoms with Crippen molar-refractivity contribution in [1.29, 1.82) is 0 Å². The summed E-state index contributed by atoms with van der Waals surface area (Å²) in [6.45, 7) is 1.98. The number of hydrogen-bond donors (Lipinski definition) is 0. The molecule has 1 aliphatic rings. The molecule has 0 saturated carbocycles. The maximum Gasteiger partial charge on any atom is 0.235 e. The van der Waals surface area contributed by atoms with Gasteiger partial charge in [-0.05, 0) is 5.92 Å². The van der Waals surface area contributed by atoms with Crippen LogP contribution in [0.15, 0.2) is 12.4 Å². The summed E-state index contributed by atoms with van der Waals surface area (Å²) in [7, 11) is 3.22. The molecule has 0 spiro atoms. The molecule has 1 saturated heterocycles. The van der Waals surface area contributed by atoms with Crippen molar-refractivity contribution in [3.63, 3.8) is 0 Å². The highest BCUT2D eigenvalue weighted by Gasteiger charge is 2.30. The first kappa shape index (κ1) is 13.7. The van der Waals surface area contributed by atoms with Gasteiger partial charge in [-0.3, -0.25) is 9.78 Å². The lowest BCUT2D eigenvalue weighted by atomic mass is 10.0. The normalized spacial score (nSPS) is 18.9. The van der Waals surface area contributed by atoms with E-state index in [-0.39, 0.29) is 11.8 Å². The summed E-state index contributed by atoms with van der Waals surface area (Å²) < 4.78 is 10.2. The van der Waals surface area contributed by atoms with Crippen molar-refractivity contribution in [2.45, 2.75) is 12.8 Å². The number of ether oxygens (including phenoxy) is 2. The highest BCUT2D eigenvalue weighted by Crippen LogP contribution is 2.24. The summed E-state index contributed by atoms with van der Waals surface area (Å²) in [5, 5.41) is 0. The van der Waals surface area contributed by atoms with Crippen molar-refractivity contribution >= 4 is 5.91 Å². The van der Waals surface area contributed by atoms with E-state index in [9.17, 15) is 4.79 Å². The Kier molecular flexibility index (Phi) is 4.68. The van der Waals surface area contributed by atoms with Gasteiger partial charge in [-0.25, -0.2) is 4.98 Å². The molecule has 0 radical (unpaired) electrons. The van der Waals surface area contributed by atoms with Crippen molar-refractivity contribution in [3.05, 3.63) is 18.1 Å². The fourth-order valence-corrected chi connectivity index (χ4v) is 2.35. The molecule has 1 aromatic heterocycles. The molecular weight excluding hydrogens is 246 g/mol. The lowest BCUT2D eigenvalue weighted by Crippen LogP contribution is -2.29. The zero-order valence-electron chi connectivity index (χ0n) is 11.3. The first-order chi connectivity index (χ1) is 9.24. The Bertz CT molecular complexity index is 439. The Hall–Kier alpha value is -1.69. The van der Waals surface area contributed by atoms with Gasteiger partial charge in [0.05, 0.1) is 13.7 Å². The maximum atomic E-state index is 11.8. The molecule has 1 unspecified atom stereocenters. The van der Waals surface area contributed by atoms with Crippen LogP contribution in [0.25, 0.3) is 0 Å². The SMILES string of the molecule is COCCN1CC(Cc2nccnc2OC)CC1=O. The molecular formula is C13H19N3O3. The van der Waals surface area contributed by atoms with E-state index < -0.39 is 0 Å². The Balaban J connectivity index is 1.95. The van der Waals surface area contributed by atoms with Crippen LogP contribution < -0.4 is 4.74 Å². The van der Waals surface area contributed by atoms with Gasteiger partial charge in [0.25, 0.3) is 0 Å². The minimum absolute atomic E-state index is 0.185. The van der Waals surface area contributed by atoms with Crippen LogP contribution in [-0.4, -0.2) is 54.7 Å². The van der Waals surface area contributed by atoms with Gasteiger partial charge < -0.3 is 14.4 Å². The molecule has 6 heteroatoms. The van der Waals surface area contributed by atoms with Gasteiger partial charge in [-0.15, -0.1) is 0 Å². The maximum absolute atomic E-state index is 11.8. The topological polar surface area (TPSA) is 64.6 Å². The van der Waals surface area contributed by atoms with Crippen molar-refractivity contribution < 1.29 is 14.3 Å². The Morgan fingerprint density at radius 3 is 2.89 bits per heavy atom.